The molecule has 20 heavy (non-hydrogen) atoms. The van der Waals surface area contributed by atoms with E-state index in [1.165, 1.54) is 0 Å². The highest BCUT2D eigenvalue weighted by Gasteiger charge is 2.41. The zero-order valence-electron chi connectivity index (χ0n) is 10.8. The molecule has 2 aromatic rings. The highest BCUT2D eigenvalue weighted by Crippen LogP contribution is 2.38. The third kappa shape index (κ3) is 2.03. The molecule has 0 aliphatic carbocycles. The number of nitrogens with zero attached hydrogens (tertiary/aromatic N) is 2. The van der Waals surface area contributed by atoms with Crippen molar-refractivity contribution in [1.29, 1.82) is 10.5 Å². The first-order chi connectivity index (χ1) is 9.79. The van der Waals surface area contributed by atoms with Gasteiger partial charge < -0.3 is 0 Å². The van der Waals surface area contributed by atoms with Crippen LogP contribution in [0.3, 0.4) is 0 Å². The Labute approximate surface area is 118 Å². The van der Waals surface area contributed by atoms with Crippen LogP contribution in [0.2, 0.25) is 0 Å². The van der Waals surface area contributed by atoms with Crippen molar-refractivity contribution in [1.82, 2.24) is 0 Å². The Kier molecular flexibility index (Phi) is 3.85. The van der Waals surface area contributed by atoms with Gasteiger partial charge in [-0.05, 0) is 11.1 Å². The van der Waals surface area contributed by atoms with Gasteiger partial charge in [0.25, 0.3) is 0 Å². The third-order valence-electron chi connectivity index (χ3n) is 3.38. The molecule has 0 bridgehead atoms. The maximum Gasteiger partial charge on any atom is 0.157 e. The van der Waals surface area contributed by atoms with Crippen molar-refractivity contribution in [2.45, 2.75) is 5.41 Å². The van der Waals surface area contributed by atoms with Crippen LogP contribution in [0, 0.1) is 40.9 Å². The first kappa shape index (κ1) is 13.4. The standard InChI is InChI=1S/C18H12N2/c1-2-18(17(13-19)14-20,15-9-5-3-6-10-15)16-11-7-4-8-12-16/h1,3-12,17H. The molecular formula is C18H12N2. The zero-order valence-corrected chi connectivity index (χ0v) is 10.8. The number of hydrogen-bond donors (Lipinski definition) is 0. The topological polar surface area (TPSA) is 47.6 Å². The molecule has 0 spiro atoms. The molecule has 0 aromatic heterocycles. The minimum atomic E-state index is -1.05. The van der Waals surface area contributed by atoms with E-state index in [-0.39, 0.29) is 0 Å². The Morgan fingerprint density at radius 3 is 1.50 bits per heavy atom. The molecule has 0 aliphatic heterocycles. The largest absolute Gasteiger partial charge is 0.197 e. The molecule has 0 saturated carbocycles. The number of rotatable bonds is 3. The van der Waals surface area contributed by atoms with Gasteiger partial charge in [0.05, 0.1) is 12.1 Å². The summed E-state index contributed by atoms with van der Waals surface area (Å²) in [6, 6.07) is 22.7. The van der Waals surface area contributed by atoms with Gasteiger partial charge >= 0.3 is 0 Å². The van der Waals surface area contributed by atoms with Crippen molar-refractivity contribution >= 4 is 0 Å². The summed E-state index contributed by atoms with van der Waals surface area (Å²) in [6.07, 6.45) is 5.77. The van der Waals surface area contributed by atoms with Crippen molar-refractivity contribution < 1.29 is 0 Å². The molecule has 0 aliphatic rings. The fraction of sp³-hybridized carbons (Fsp3) is 0.111. The van der Waals surface area contributed by atoms with E-state index >= 15 is 0 Å². The average molecular weight is 256 g/mol. The lowest BCUT2D eigenvalue weighted by molar-refractivity contribution is 0.584. The fourth-order valence-electron chi connectivity index (χ4n) is 2.37. The Morgan fingerprint density at radius 1 is 0.800 bits per heavy atom. The van der Waals surface area contributed by atoms with E-state index in [0.29, 0.717) is 0 Å². The summed E-state index contributed by atoms with van der Waals surface area (Å²) in [7, 11) is 0. The number of terminal acetylenes is 1. The van der Waals surface area contributed by atoms with E-state index < -0.39 is 11.3 Å². The van der Waals surface area contributed by atoms with Crippen molar-refractivity contribution in [3.8, 4) is 24.5 Å². The SMILES string of the molecule is C#CC(c1ccccc1)(c1ccccc1)C(C#N)C#N. The molecule has 2 rings (SSSR count). The fourth-order valence-corrected chi connectivity index (χ4v) is 2.37. The normalized spacial score (nSPS) is 10.3. The van der Waals surface area contributed by atoms with Crippen LogP contribution in [0.15, 0.2) is 60.7 Å². The summed E-state index contributed by atoms with van der Waals surface area (Å²) in [5, 5.41) is 18.7. The summed E-state index contributed by atoms with van der Waals surface area (Å²) in [5.41, 5.74) is 0.509. The summed E-state index contributed by atoms with van der Waals surface area (Å²) >= 11 is 0. The predicted molar refractivity (Wildman–Crippen MR) is 77.2 cm³/mol. The molecule has 94 valence electrons. The van der Waals surface area contributed by atoms with Crippen LogP contribution in [0.1, 0.15) is 11.1 Å². The second kappa shape index (κ2) is 5.75. The van der Waals surface area contributed by atoms with Crippen molar-refractivity contribution in [2.75, 3.05) is 0 Å². The van der Waals surface area contributed by atoms with Crippen LogP contribution >= 0.6 is 0 Å². The van der Waals surface area contributed by atoms with E-state index in [4.69, 9.17) is 6.42 Å². The molecule has 0 heterocycles. The summed E-state index contributed by atoms with van der Waals surface area (Å²) in [4.78, 5) is 0. The molecule has 0 N–H and O–H groups in total. The lowest BCUT2D eigenvalue weighted by atomic mass is 9.67. The van der Waals surface area contributed by atoms with Gasteiger partial charge in [-0.2, -0.15) is 10.5 Å². The quantitative estimate of drug-likeness (QED) is 0.791. The van der Waals surface area contributed by atoms with Crippen LogP contribution in [-0.4, -0.2) is 0 Å². The summed E-state index contributed by atoms with van der Waals surface area (Å²) < 4.78 is 0. The smallest absolute Gasteiger partial charge is 0.157 e. The molecule has 0 fully saturated rings. The third-order valence-corrected chi connectivity index (χ3v) is 3.38. The van der Waals surface area contributed by atoms with Crippen LogP contribution < -0.4 is 0 Å². The Morgan fingerprint density at radius 2 is 1.20 bits per heavy atom. The maximum atomic E-state index is 9.35. The van der Waals surface area contributed by atoms with E-state index in [0.717, 1.165) is 11.1 Å². The Bertz CT molecular complexity index is 644. The first-order valence-electron chi connectivity index (χ1n) is 6.17. The van der Waals surface area contributed by atoms with Gasteiger partial charge in [0, 0.05) is 0 Å². The van der Waals surface area contributed by atoms with Crippen LogP contribution in [0.25, 0.3) is 0 Å². The van der Waals surface area contributed by atoms with Gasteiger partial charge in [-0.15, -0.1) is 6.42 Å². The molecule has 2 heteroatoms. The van der Waals surface area contributed by atoms with E-state index in [9.17, 15) is 10.5 Å². The number of nitriles is 2. The van der Waals surface area contributed by atoms with Gasteiger partial charge in [-0.3, -0.25) is 0 Å². The number of benzene rings is 2. The predicted octanol–water partition coefficient (Wildman–Crippen LogP) is 3.27. The average Bonchev–Trinajstić information content (AvgIpc) is 2.54. The highest BCUT2D eigenvalue weighted by atomic mass is 14.4. The molecule has 0 unspecified atom stereocenters. The van der Waals surface area contributed by atoms with Gasteiger partial charge in [0.15, 0.2) is 5.92 Å². The van der Waals surface area contributed by atoms with Crippen LogP contribution in [-0.2, 0) is 5.41 Å². The summed E-state index contributed by atoms with van der Waals surface area (Å²) in [5.74, 6) is 1.76. The lowest BCUT2D eigenvalue weighted by Gasteiger charge is -2.30. The van der Waals surface area contributed by atoms with Crippen LogP contribution in [0.4, 0.5) is 0 Å². The minimum absolute atomic E-state index is 0.779. The molecule has 0 atom stereocenters. The van der Waals surface area contributed by atoms with E-state index in [1.807, 2.05) is 72.8 Å². The van der Waals surface area contributed by atoms with E-state index in [2.05, 4.69) is 5.92 Å². The highest BCUT2D eigenvalue weighted by molar-refractivity contribution is 5.51. The Hall–Kier alpha value is -3.02. The monoisotopic (exact) mass is 256 g/mol. The zero-order chi connectivity index (χ0) is 14.4. The second-order valence-corrected chi connectivity index (χ2v) is 4.38. The van der Waals surface area contributed by atoms with Crippen LogP contribution in [0.5, 0.6) is 0 Å². The van der Waals surface area contributed by atoms with Gasteiger partial charge in [0.2, 0.25) is 0 Å². The lowest BCUT2D eigenvalue weighted by Crippen LogP contribution is -2.33. The van der Waals surface area contributed by atoms with Crippen molar-refractivity contribution in [3.05, 3.63) is 71.8 Å². The molecule has 2 nitrogen and oxygen atoms in total. The molecular weight excluding hydrogens is 244 g/mol. The number of hydrogen-bond acceptors (Lipinski definition) is 2. The Balaban J connectivity index is 2.77. The van der Waals surface area contributed by atoms with Crippen molar-refractivity contribution in [3.63, 3.8) is 0 Å². The minimum Gasteiger partial charge on any atom is -0.197 e. The molecule has 2 aromatic carbocycles. The van der Waals surface area contributed by atoms with E-state index in [1.54, 1.807) is 0 Å². The van der Waals surface area contributed by atoms with Gasteiger partial charge in [0.1, 0.15) is 5.41 Å². The summed E-state index contributed by atoms with van der Waals surface area (Å²) in [6.45, 7) is 0. The second-order valence-electron chi connectivity index (χ2n) is 4.38. The molecule has 0 amide bonds. The molecule has 0 radical (unpaired) electrons. The first-order valence-corrected chi connectivity index (χ1v) is 6.17. The van der Waals surface area contributed by atoms with Gasteiger partial charge in [-0.25, -0.2) is 0 Å². The van der Waals surface area contributed by atoms with Crippen molar-refractivity contribution in [2.24, 2.45) is 5.92 Å². The maximum absolute atomic E-state index is 9.35. The molecule has 0 saturated heterocycles. The van der Waals surface area contributed by atoms with Gasteiger partial charge in [-0.1, -0.05) is 66.6 Å².